The third-order valence-electron chi connectivity index (χ3n) is 4.58. The average molecular weight is 448 g/mol. The van der Waals surface area contributed by atoms with Crippen LogP contribution in [0.15, 0.2) is 47.6 Å². The van der Waals surface area contributed by atoms with Gasteiger partial charge in [-0.25, -0.2) is 4.98 Å². The largest absolute Gasteiger partial charge is 0.395 e. The number of rotatable bonds is 7. The molecule has 0 radical (unpaired) electrons. The summed E-state index contributed by atoms with van der Waals surface area (Å²) in [6.45, 7) is 3.30. The van der Waals surface area contributed by atoms with Crippen molar-refractivity contribution in [1.29, 1.82) is 0 Å². The van der Waals surface area contributed by atoms with Crippen LogP contribution in [0.5, 0.6) is 0 Å². The van der Waals surface area contributed by atoms with Crippen LogP contribution in [0.2, 0.25) is 10.0 Å². The van der Waals surface area contributed by atoms with Gasteiger partial charge in [0, 0.05) is 28.7 Å². The first-order chi connectivity index (χ1) is 14.1. The second kappa shape index (κ2) is 8.75. The first-order valence-electron chi connectivity index (χ1n) is 9.18. The molecule has 1 N–H and O–H groups in total. The highest BCUT2D eigenvalue weighted by molar-refractivity contribution is 7.98. The summed E-state index contributed by atoms with van der Waals surface area (Å²) in [7, 11) is 0. The van der Waals surface area contributed by atoms with Crippen molar-refractivity contribution in [3.8, 4) is 11.4 Å². The van der Waals surface area contributed by atoms with Crippen molar-refractivity contribution in [2.24, 2.45) is 0 Å². The molecule has 4 aromatic rings. The predicted molar refractivity (Wildman–Crippen MR) is 118 cm³/mol. The zero-order valence-electron chi connectivity index (χ0n) is 15.7. The van der Waals surface area contributed by atoms with Crippen LogP contribution in [0.4, 0.5) is 0 Å². The number of hydrogen-bond donors (Lipinski definition) is 1. The van der Waals surface area contributed by atoms with E-state index in [4.69, 9.17) is 28.2 Å². The summed E-state index contributed by atoms with van der Waals surface area (Å²) in [5.41, 5.74) is 2.75. The number of aliphatic hydroxyl groups is 1. The lowest BCUT2D eigenvalue weighted by Crippen LogP contribution is -2.07. The van der Waals surface area contributed by atoms with E-state index in [1.165, 1.54) is 0 Å². The molecule has 0 spiro atoms. The molecule has 0 bridgehead atoms. The minimum atomic E-state index is 0.0293. The first kappa shape index (κ1) is 20.2. The van der Waals surface area contributed by atoms with E-state index in [2.05, 4.69) is 21.7 Å². The maximum atomic E-state index is 9.48. The lowest BCUT2D eigenvalue weighted by molar-refractivity contribution is 0.276. The number of nitrogens with zero attached hydrogens (tertiary/aromatic N) is 5. The molecule has 0 saturated carbocycles. The molecular formula is C20H19Cl2N5OS. The van der Waals surface area contributed by atoms with Crippen molar-refractivity contribution >= 4 is 46.0 Å². The fraction of sp³-hybridized carbons (Fsp3) is 0.250. The molecule has 0 aliphatic carbocycles. The Kier molecular flexibility index (Phi) is 6.10. The maximum absolute atomic E-state index is 9.48. The fourth-order valence-electron chi connectivity index (χ4n) is 3.23. The van der Waals surface area contributed by atoms with Crippen LogP contribution in [0.1, 0.15) is 12.7 Å². The summed E-state index contributed by atoms with van der Waals surface area (Å²) in [4.78, 5) is 4.72. The van der Waals surface area contributed by atoms with Gasteiger partial charge in [0.1, 0.15) is 5.82 Å². The molecule has 0 aliphatic rings. The van der Waals surface area contributed by atoms with Crippen molar-refractivity contribution in [1.82, 2.24) is 24.3 Å². The monoisotopic (exact) mass is 447 g/mol. The zero-order chi connectivity index (χ0) is 20.4. The quantitative estimate of drug-likeness (QED) is 0.407. The van der Waals surface area contributed by atoms with Crippen LogP contribution in [-0.4, -0.2) is 36.0 Å². The van der Waals surface area contributed by atoms with Crippen LogP contribution in [0.25, 0.3) is 22.4 Å². The van der Waals surface area contributed by atoms with Gasteiger partial charge in [-0.15, -0.1) is 10.2 Å². The van der Waals surface area contributed by atoms with Gasteiger partial charge in [0.25, 0.3) is 0 Å². The fourth-order valence-corrected chi connectivity index (χ4v) is 4.47. The Morgan fingerprint density at radius 2 is 1.76 bits per heavy atom. The highest BCUT2D eigenvalue weighted by atomic mass is 35.5. The summed E-state index contributed by atoms with van der Waals surface area (Å²) < 4.78 is 4.07. The van der Waals surface area contributed by atoms with E-state index in [9.17, 15) is 5.11 Å². The van der Waals surface area contributed by atoms with Gasteiger partial charge in [0.15, 0.2) is 11.0 Å². The Balaban J connectivity index is 1.62. The smallest absolute Gasteiger partial charge is 0.191 e. The molecular weight excluding hydrogens is 429 g/mol. The molecule has 2 aromatic heterocycles. The van der Waals surface area contributed by atoms with Crippen molar-refractivity contribution in [3.63, 3.8) is 0 Å². The van der Waals surface area contributed by atoms with Crippen LogP contribution in [-0.2, 0) is 18.8 Å². The summed E-state index contributed by atoms with van der Waals surface area (Å²) in [6, 6.07) is 13.2. The first-order valence-corrected chi connectivity index (χ1v) is 10.9. The predicted octanol–water partition coefficient (Wildman–Crippen LogP) is 4.91. The van der Waals surface area contributed by atoms with Gasteiger partial charge < -0.3 is 14.2 Å². The van der Waals surface area contributed by atoms with Crippen LogP contribution in [0, 0.1) is 0 Å². The molecule has 0 saturated heterocycles. The van der Waals surface area contributed by atoms with Gasteiger partial charge in [-0.1, -0.05) is 35.0 Å². The van der Waals surface area contributed by atoms with Crippen molar-refractivity contribution in [3.05, 3.63) is 58.3 Å². The van der Waals surface area contributed by atoms with Gasteiger partial charge in [0.2, 0.25) is 0 Å². The van der Waals surface area contributed by atoms with E-state index < -0.39 is 0 Å². The summed E-state index contributed by atoms with van der Waals surface area (Å²) in [5.74, 6) is 2.27. The normalized spacial score (nSPS) is 11.4. The molecule has 4 rings (SSSR count). The minimum Gasteiger partial charge on any atom is -0.395 e. The van der Waals surface area contributed by atoms with Gasteiger partial charge in [-0.2, -0.15) is 0 Å². The molecule has 29 heavy (non-hydrogen) atoms. The van der Waals surface area contributed by atoms with E-state index in [-0.39, 0.29) is 6.61 Å². The lowest BCUT2D eigenvalue weighted by atomic mass is 10.2. The van der Waals surface area contributed by atoms with E-state index in [0.717, 1.165) is 39.9 Å². The van der Waals surface area contributed by atoms with Crippen molar-refractivity contribution in [2.45, 2.75) is 30.9 Å². The number of aromatic nitrogens is 5. The Morgan fingerprint density at radius 1 is 1.00 bits per heavy atom. The molecule has 2 aromatic carbocycles. The molecule has 2 heterocycles. The third-order valence-corrected chi connectivity index (χ3v) is 6.03. The van der Waals surface area contributed by atoms with Crippen LogP contribution in [0.3, 0.4) is 0 Å². The Hall–Kier alpha value is -2.06. The Bertz CT molecular complexity index is 1140. The SMILES string of the molecule is CCn1c(SCc2nc3ccc(Cl)cc3n2CCO)nnc1-c1ccc(Cl)cc1. The van der Waals surface area contributed by atoms with Crippen LogP contribution < -0.4 is 0 Å². The second-order valence-corrected chi connectivity index (χ2v) is 8.20. The number of halogens is 2. The molecule has 0 fully saturated rings. The average Bonchev–Trinajstić information content (AvgIpc) is 3.28. The standard InChI is InChI=1S/C20H19Cl2N5OS/c1-2-26-19(13-3-5-14(21)6-4-13)24-25-20(26)29-12-18-23-16-8-7-15(22)11-17(16)27(18)9-10-28/h3-8,11,28H,2,9-10,12H2,1H3. The number of aliphatic hydroxyl groups excluding tert-OH is 1. The Morgan fingerprint density at radius 3 is 2.48 bits per heavy atom. The number of fused-ring (bicyclic) bond motifs is 1. The van der Waals surface area contributed by atoms with E-state index in [1.807, 2.05) is 47.0 Å². The van der Waals surface area contributed by atoms with Crippen molar-refractivity contribution in [2.75, 3.05) is 6.61 Å². The van der Waals surface area contributed by atoms with Crippen LogP contribution >= 0.6 is 35.0 Å². The summed E-state index contributed by atoms with van der Waals surface area (Å²) in [6.07, 6.45) is 0. The second-order valence-electron chi connectivity index (χ2n) is 6.38. The molecule has 6 nitrogen and oxygen atoms in total. The lowest BCUT2D eigenvalue weighted by Gasteiger charge is -2.09. The van der Waals surface area contributed by atoms with Crippen molar-refractivity contribution < 1.29 is 5.11 Å². The van der Waals surface area contributed by atoms with Gasteiger partial charge >= 0.3 is 0 Å². The third kappa shape index (κ3) is 4.14. The molecule has 0 amide bonds. The number of imidazole rings is 1. The van der Waals surface area contributed by atoms with E-state index >= 15 is 0 Å². The van der Waals surface area contributed by atoms with E-state index in [0.29, 0.717) is 22.3 Å². The summed E-state index contributed by atoms with van der Waals surface area (Å²) >= 11 is 13.7. The van der Waals surface area contributed by atoms with E-state index in [1.54, 1.807) is 11.8 Å². The number of benzene rings is 2. The Labute approximate surface area is 182 Å². The molecule has 9 heteroatoms. The maximum Gasteiger partial charge on any atom is 0.191 e. The minimum absolute atomic E-state index is 0.0293. The summed E-state index contributed by atoms with van der Waals surface area (Å²) in [5, 5.41) is 20.4. The molecule has 0 atom stereocenters. The number of thioether (sulfide) groups is 1. The highest BCUT2D eigenvalue weighted by Crippen LogP contribution is 2.29. The molecule has 0 unspecified atom stereocenters. The number of hydrogen-bond acceptors (Lipinski definition) is 5. The van der Waals surface area contributed by atoms with Gasteiger partial charge in [-0.3, -0.25) is 0 Å². The topological polar surface area (TPSA) is 68.8 Å². The van der Waals surface area contributed by atoms with Gasteiger partial charge in [-0.05, 0) is 49.4 Å². The molecule has 0 aliphatic heterocycles. The van der Waals surface area contributed by atoms with Gasteiger partial charge in [0.05, 0.1) is 23.4 Å². The molecule has 150 valence electrons. The zero-order valence-corrected chi connectivity index (χ0v) is 18.0. The highest BCUT2D eigenvalue weighted by Gasteiger charge is 2.16.